The van der Waals surface area contributed by atoms with E-state index >= 15 is 0 Å². The Hall–Kier alpha value is -5.44. The number of hydrogen-bond donors (Lipinski definition) is 0. The summed E-state index contributed by atoms with van der Waals surface area (Å²) in [5, 5.41) is 7.84. The molecule has 0 amide bonds. The number of benzene rings is 5. The molecular formula is C40H35F3N2O7S2. The Labute approximate surface area is 312 Å². The minimum absolute atomic E-state index is 0.0167. The van der Waals surface area contributed by atoms with Crippen molar-refractivity contribution in [2.75, 3.05) is 0 Å². The van der Waals surface area contributed by atoms with Gasteiger partial charge in [-0.1, -0.05) is 87.4 Å². The largest absolute Gasteiger partial charge is 0.524 e. The Morgan fingerprint density at radius 2 is 1.17 bits per heavy atom. The molecule has 0 saturated carbocycles. The van der Waals surface area contributed by atoms with Crippen molar-refractivity contribution >= 4 is 26.4 Å². The fraction of sp³-hybridized carbons (Fsp3) is 0.175. The fourth-order valence-corrected chi connectivity index (χ4v) is 10.1. The van der Waals surface area contributed by atoms with Crippen molar-refractivity contribution in [2.45, 2.75) is 59.7 Å². The fourth-order valence-electron chi connectivity index (χ4n) is 5.42. The van der Waals surface area contributed by atoms with Crippen LogP contribution in [0.4, 0.5) is 13.2 Å². The van der Waals surface area contributed by atoms with Crippen LogP contribution in [0.25, 0.3) is 11.5 Å². The molecule has 280 valence electrons. The zero-order valence-corrected chi connectivity index (χ0v) is 31.1. The average Bonchev–Trinajstić information content (AvgIpc) is 3.62. The van der Waals surface area contributed by atoms with Crippen LogP contribution in [0.1, 0.15) is 61.0 Å². The van der Waals surface area contributed by atoms with E-state index < -0.39 is 38.0 Å². The summed E-state index contributed by atoms with van der Waals surface area (Å²) in [4.78, 5) is 13.8. The molecule has 14 heteroatoms. The highest BCUT2D eigenvalue weighted by Gasteiger charge is 2.52. The summed E-state index contributed by atoms with van der Waals surface area (Å²) < 4.78 is 90.4. The zero-order chi connectivity index (χ0) is 38.7. The van der Waals surface area contributed by atoms with Crippen LogP contribution in [0.15, 0.2) is 146 Å². The van der Waals surface area contributed by atoms with Crippen molar-refractivity contribution in [2.24, 2.45) is 0 Å². The van der Waals surface area contributed by atoms with Gasteiger partial charge in [0.15, 0.2) is 0 Å². The molecule has 0 unspecified atom stereocenters. The molecule has 0 aliphatic carbocycles. The molecular weight excluding hydrogens is 742 g/mol. The molecule has 5 aromatic carbocycles. The third-order valence-corrected chi connectivity index (χ3v) is 13.2. The summed E-state index contributed by atoms with van der Waals surface area (Å²) in [6.07, 6.45) is -0.469. The lowest BCUT2D eigenvalue weighted by Crippen LogP contribution is -2.27. The van der Waals surface area contributed by atoms with Crippen LogP contribution >= 0.6 is 10.3 Å². The summed E-state index contributed by atoms with van der Waals surface area (Å²) >= 11 is 0. The summed E-state index contributed by atoms with van der Waals surface area (Å²) in [6.45, 7) is 7.82. The summed E-state index contributed by atoms with van der Waals surface area (Å²) in [7, 11) is -9.78. The molecule has 6 aromatic rings. The highest BCUT2D eigenvalue weighted by atomic mass is 32.3. The lowest BCUT2D eigenvalue weighted by atomic mass is 10.0. The van der Waals surface area contributed by atoms with Crippen molar-refractivity contribution in [3.05, 3.63) is 144 Å². The van der Waals surface area contributed by atoms with E-state index in [4.69, 9.17) is 17.5 Å². The molecule has 0 bridgehead atoms. The molecule has 54 heavy (non-hydrogen) atoms. The first-order valence-corrected chi connectivity index (χ1v) is 19.7. The van der Waals surface area contributed by atoms with Gasteiger partial charge in [-0.05, 0) is 106 Å². The molecule has 0 radical (unpaired) electrons. The lowest BCUT2D eigenvalue weighted by Gasteiger charge is -2.39. The van der Waals surface area contributed by atoms with Crippen molar-refractivity contribution in [3.8, 4) is 29.0 Å². The van der Waals surface area contributed by atoms with E-state index in [9.17, 15) is 26.4 Å². The average molecular weight is 777 g/mol. The molecule has 0 aliphatic heterocycles. The lowest BCUT2D eigenvalue weighted by molar-refractivity contribution is -0.0496. The molecule has 1 heterocycles. The van der Waals surface area contributed by atoms with E-state index in [0.29, 0.717) is 17.1 Å². The minimum atomic E-state index is -6.15. The number of carbonyl (C=O) groups excluding carboxylic acids is 1. The third kappa shape index (κ3) is 8.05. The second-order valence-electron chi connectivity index (χ2n) is 12.7. The smallest absolute Gasteiger partial charge is 0.457 e. The summed E-state index contributed by atoms with van der Waals surface area (Å²) in [5.74, 6) is 0.268. The number of alkyl halides is 3. The second kappa shape index (κ2) is 15.5. The minimum Gasteiger partial charge on any atom is -0.457 e. The van der Waals surface area contributed by atoms with Crippen LogP contribution in [0, 0.1) is 0 Å². The number of rotatable bonds is 12. The van der Waals surface area contributed by atoms with Gasteiger partial charge < -0.3 is 13.9 Å². The number of carbonyl (C=O) groups is 1. The predicted octanol–water partition coefficient (Wildman–Crippen LogP) is 11.1. The maximum atomic E-state index is 14.1. The van der Waals surface area contributed by atoms with E-state index in [2.05, 4.69) is 10.2 Å². The quantitative estimate of drug-likeness (QED) is 0.0884. The van der Waals surface area contributed by atoms with E-state index in [-0.39, 0.29) is 38.0 Å². The topological polar surface area (TPSA) is 118 Å². The van der Waals surface area contributed by atoms with Crippen LogP contribution in [-0.2, 0) is 13.7 Å². The molecule has 0 aliphatic rings. The van der Waals surface area contributed by atoms with Gasteiger partial charge >= 0.3 is 27.7 Å². The highest BCUT2D eigenvalue weighted by Crippen LogP contribution is 2.70. The first-order chi connectivity index (χ1) is 25.7. The SMILES string of the molecule is CC(C)c1ccc(S(OS(=O)(=O)C(F)(F)F)(c2ccc(C(=O)Oc3nnc(-c4ccccc4Oc4ccccc4)o3)cc2)c2ccc(C(C)C)cc2)cc1. The zero-order valence-electron chi connectivity index (χ0n) is 29.5. The molecule has 1 aromatic heterocycles. The van der Waals surface area contributed by atoms with Gasteiger partial charge in [0, 0.05) is 14.7 Å². The van der Waals surface area contributed by atoms with E-state index in [1.54, 1.807) is 84.9 Å². The molecule has 0 spiro atoms. The van der Waals surface area contributed by atoms with Crippen molar-refractivity contribution in [1.82, 2.24) is 10.2 Å². The van der Waals surface area contributed by atoms with Crippen LogP contribution in [0.3, 0.4) is 0 Å². The number of hydrogen-bond acceptors (Lipinski definition) is 9. The molecule has 0 atom stereocenters. The van der Waals surface area contributed by atoms with Gasteiger partial charge in [-0.25, -0.2) is 4.79 Å². The summed E-state index contributed by atoms with van der Waals surface area (Å²) in [5.41, 5.74) is -3.55. The second-order valence-corrected chi connectivity index (χ2v) is 17.1. The van der Waals surface area contributed by atoms with Gasteiger partial charge in [0.2, 0.25) is 0 Å². The van der Waals surface area contributed by atoms with Gasteiger partial charge in [0.25, 0.3) is 5.89 Å². The Balaban J connectivity index is 1.36. The van der Waals surface area contributed by atoms with Crippen molar-refractivity contribution in [3.63, 3.8) is 0 Å². The third-order valence-electron chi connectivity index (χ3n) is 8.33. The first-order valence-electron chi connectivity index (χ1n) is 16.7. The standard InChI is InChI=1S/C40H35F3N2O7S2/c1-26(2)28-14-20-32(21-15-28)53(52-54(47,48)40(41,42)43,33-22-16-29(17-23-33)27(3)4)34-24-18-30(19-25-34)38(46)51-39-45-44-37(50-39)35-12-8-9-13-36(35)49-31-10-6-5-7-11-31/h5-27H,1-4H3. The van der Waals surface area contributed by atoms with Gasteiger partial charge in [0.1, 0.15) is 11.5 Å². The van der Waals surface area contributed by atoms with Crippen molar-refractivity contribution < 1.29 is 43.9 Å². The van der Waals surface area contributed by atoms with Gasteiger partial charge in [0.05, 0.1) is 11.1 Å². The number of para-hydroxylation sites is 2. The Morgan fingerprint density at radius 3 is 1.69 bits per heavy atom. The predicted molar refractivity (Wildman–Crippen MR) is 197 cm³/mol. The molecule has 6 rings (SSSR count). The normalized spacial score (nSPS) is 12.5. The Morgan fingerprint density at radius 1 is 0.667 bits per heavy atom. The number of esters is 1. The summed E-state index contributed by atoms with van der Waals surface area (Å²) in [6, 6.07) is 34.5. The maximum Gasteiger partial charge on any atom is 0.524 e. The molecule has 0 fully saturated rings. The first kappa shape index (κ1) is 38.3. The van der Waals surface area contributed by atoms with Crippen LogP contribution in [-0.4, -0.2) is 30.1 Å². The van der Waals surface area contributed by atoms with Gasteiger partial charge in [-0.15, -0.1) is 5.10 Å². The van der Waals surface area contributed by atoms with Crippen molar-refractivity contribution in [1.29, 1.82) is 0 Å². The van der Waals surface area contributed by atoms with Crippen LogP contribution in [0.2, 0.25) is 0 Å². The molecule has 0 saturated heterocycles. The Bertz CT molecular complexity index is 2280. The van der Waals surface area contributed by atoms with Gasteiger partial charge in [-0.3, -0.25) is 0 Å². The van der Waals surface area contributed by atoms with Crippen LogP contribution in [0.5, 0.6) is 17.6 Å². The van der Waals surface area contributed by atoms with Crippen LogP contribution < -0.4 is 9.47 Å². The molecule has 9 nitrogen and oxygen atoms in total. The van der Waals surface area contributed by atoms with Gasteiger partial charge in [-0.2, -0.15) is 25.2 Å². The monoisotopic (exact) mass is 776 g/mol. The van der Waals surface area contributed by atoms with E-state index in [1.807, 2.05) is 45.9 Å². The number of aromatic nitrogens is 2. The Kier molecular flexibility index (Phi) is 11.0. The van der Waals surface area contributed by atoms with E-state index in [0.717, 1.165) is 11.1 Å². The number of halogens is 3. The number of nitrogens with zero attached hydrogens (tertiary/aromatic N) is 2. The van der Waals surface area contributed by atoms with E-state index in [1.165, 1.54) is 24.3 Å². The molecule has 0 N–H and O–H groups in total. The highest BCUT2D eigenvalue weighted by molar-refractivity contribution is 8.33. The number of ether oxygens (including phenoxy) is 2. The maximum absolute atomic E-state index is 14.1.